The van der Waals surface area contributed by atoms with Gasteiger partial charge in [-0.3, -0.25) is 0 Å². The topological polar surface area (TPSA) is 56.8 Å². The van der Waals surface area contributed by atoms with E-state index in [9.17, 15) is 4.79 Å². The van der Waals surface area contributed by atoms with Crippen molar-refractivity contribution in [1.82, 2.24) is 5.32 Å². The van der Waals surface area contributed by atoms with Crippen LogP contribution in [-0.2, 0) is 26.9 Å². The molecule has 0 atom stereocenters. The summed E-state index contributed by atoms with van der Waals surface area (Å²) in [6.07, 6.45) is 3.88. The molecule has 3 rings (SSSR count). The van der Waals surface area contributed by atoms with Crippen LogP contribution in [0, 0.1) is 0 Å². The first-order valence-corrected chi connectivity index (χ1v) is 10.0. The first-order chi connectivity index (χ1) is 12.9. The molecule has 1 heterocycles. The third-order valence-electron chi connectivity index (χ3n) is 5.64. The average Bonchev–Trinajstić information content (AvgIpc) is 2.72. The minimum atomic E-state index is -0.542. The number of ether oxygens (including phenoxy) is 1. The molecule has 0 radical (unpaired) electrons. The summed E-state index contributed by atoms with van der Waals surface area (Å²) in [5.74, 6) is 0. The fourth-order valence-corrected chi connectivity index (χ4v) is 3.20. The van der Waals surface area contributed by atoms with Gasteiger partial charge in [-0.2, -0.15) is 0 Å². The van der Waals surface area contributed by atoms with E-state index >= 15 is 0 Å². The first-order valence-electron chi connectivity index (χ1n) is 10.0. The van der Waals surface area contributed by atoms with Crippen LogP contribution >= 0.6 is 0 Å². The van der Waals surface area contributed by atoms with Gasteiger partial charge in [-0.25, -0.2) is 4.79 Å². The second-order valence-electron chi connectivity index (χ2n) is 9.69. The highest BCUT2D eigenvalue weighted by atomic mass is 16.7. The van der Waals surface area contributed by atoms with E-state index in [1.807, 2.05) is 48.5 Å². The molecule has 2 aliphatic rings. The second-order valence-corrected chi connectivity index (χ2v) is 9.69. The molecule has 1 aromatic rings. The molecule has 6 heteroatoms. The number of hydrogen-bond donors (Lipinski definition) is 1. The summed E-state index contributed by atoms with van der Waals surface area (Å²) in [6.45, 7) is 13.9. The van der Waals surface area contributed by atoms with E-state index < -0.39 is 30.0 Å². The summed E-state index contributed by atoms with van der Waals surface area (Å²) in [6, 6.07) is 6.49. The van der Waals surface area contributed by atoms with Gasteiger partial charge in [-0.15, -0.1) is 0 Å². The highest BCUT2D eigenvalue weighted by Crippen LogP contribution is 2.39. The monoisotopic (exact) mass is 385 g/mol. The van der Waals surface area contributed by atoms with Crippen LogP contribution in [0.2, 0.25) is 0 Å². The van der Waals surface area contributed by atoms with Gasteiger partial charge >= 0.3 is 13.2 Å². The van der Waals surface area contributed by atoms with Crippen LogP contribution < -0.4 is 5.32 Å². The zero-order chi connectivity index (χ0) is 20.7. The molecule has 5 nitrogen and oxygen atoms in total. The lowest BCUT2D eigenvalue weighted by Gasteiger charge is -2.32. The van der Waals surface area contributed by atoms with Crippen LogP contribution in [0.25, 0.3) is 6.08 Å². The first kappa shape index (κ1) is 20.9. The molecular formula is C22H32BNO4. The van der Waals surface area contributed by atoms with E-state index in [-0.39, 0.29) is 0 Å². The summed E-state index contributed by atoms with van der Waals surface area (Å²) in [5, 5.41) is 2.84. The third-order valence-corrected chi connectivity index (χ3v) is 5.64. The fourth-order valence-electron chi connectivity index (χ4n) is 3.20. The van der Waals surface area contributed by atoms with Gasteiger partial charge in [0.05, 0.1) is 11.2 Å². The lowest BCUT2D eigenvalue weighted by atomic mass is 9.76. The molecule has 1 aromatic carbocycles. The Labute approximate surface area is 169 Å². The third kappa shape index (κ3) is 4.61. The molecular weight excluding hydrogens is 353 g/mol. The fraction of sp³-hybridized carbons (Fsp3) is 0.591. The molecule has 0 bridgehead atoms. The molecule has 1 aliphatic heterocycles. The van der Waals surface area contributed by atoms with Gasteiger partial charge in [-0.1, -0.05) is 24.3 Å². The van der Waals surface area contributed by atoms with Crippen molar-refractivity contribution in [3.63, 3.8) is 0 Å². The van der Waals surface area contributed by atoms with Crippen molar-refractivity contribution in [3.8, 4) is 0 Å². The highest BCUT2D eigenvalue weighted by Gasteiger charge is 2.52. The minimum Gasteiger partial charge on any atom is -0.444 e. The molecule has 28 heavy (non-hydrogen) atoms. The molecule has 0 unspecified atom stereocenters. The summed E-state index contributed by atoms with van der Waals surface area (Å²) in [5.41, 5.74) is 3.34. The standard InChI is InChI=1S/C22H32BNO4/c1-20(2,3)26-19(25)24-14-18(23-27-21(4,5)22(6,7)28-23)13-15-8-9-16-10-11-17(16)12-15/h8-9,12-13H,10-11,14H2,1-7H3,(H,24,25). The second kappa shape index (κ2) is 7.23. The quantitative estimate of drug-likeness (QED) is 0.784. The Morgan fingerprint density at radius 3 is 2.25 bits per heavy atom. The van der Waals surface area contributed by atoms with Crippen molar-refractivity contribution in [2.45, 2.75) is 78.1 Å². The molecule has 152 valence electrons. The Morgan fingerprint density at radius 1 is 1.14 bits per heavy atom. The van der Waals surface area contributed by atoms with Gasteiger partial charge in [0.2, 0.25) is 0 Å². The number of aryl methyl sites for hydroxylation is 2. The number of hydrogen-bond acceptors (Lipinski definition) is 4. The number of carbonyl (C=O) groups is 1. The van der Waals surface area contributed by atoms with E-state index in [0.717, 1.165) is 23.9 Å². The zero-order valence-electron chi connectivity index (χ0n) is 18.1. The van der Waals surface area contributed by atoms with Crippen molar-refractivity contribution in [1.29, 1.82) is 0 Å². The van der Waals surface area contributed by atoms with Crippen molar-refractivity contribution in [2.75, 3.05) is 6.54 Å². The summed E-state index contributed by atoms with van der Waals surface area (Å²) in [4.78, 5) is 12.2. The largest absolute Gasteiger partial charge is 0.492 e. The molecule has 1 aliphatic carbocycles. The summed E-state index contributed by atoms with van der Waals surface area (Å²) >= 11 is 0. The maximum absolute atomic E-state index is 12.2. The van der Waals surface area contributed by atoms with E-state index in [2.05, 4.69) is 29.6 Å². The van der Waals surface area contributed by atoms with Gasteiger partial charge in [0.15, 0.2) is 0 Å². The Kier molecular flexibility index (Phi) is 5.41. The Hall–Kier alpha value is -1.79. The number of alkyl carbamates (subject to hydrolysis) is 1. The number of benzene rings is 1. The molecule has 0 spiro atoms. The SMILES string of the molecule is CC(C)(C)OC(=O)NCC(=Cc1ccc2c(c1)CC2)B1OC(C)(C)C(C)(C)O1. The summed E-state index contributed by atoms with van der Waals surface area (Å²) in [7, 11) is -0.522. The van der Waals surface area contributed by atoms with Crippen LogP contribution in [0.5, 0.6) is 0 Å². The predicted molar refractivity (Wildman–Crippen MR) is 112 cm³/mol. The van der Waals surface area contributed by atoms with E-state index in [4.69, 9.17) is 14.0 Å². The van der Waals surface area contributed by atoms with Crippen molar-refractivity contribution in [3.05, 3.63) is 40.4 Å². The Morgan fingerprint density at radius 2 is 1.75 bits per heavy atom. The van der Waals surface area contributed by atoms with Crippen molar-refractivity contribution >= 4 is 19.3 Å². The van der Waals surface area contributed by atoms with E-state index in [1.54, 1.807) is 0 Å². The highest BCUT2D eigenvalue weighted by molar-refractivity contribution is 6.56. The number of carbonyl (C=O) groups excluding carboxylic acids is 1. The van der Waals surface area contributed by atoms with Crippen LogP contribution in [0.3, 0.4) is 0 Å². The zero-order valence-corrected chi connectivity index (χ0v) is 18.1. The molecule has 1 fully saturated rings. The lowest BCUT2D eigenvalue weighted by molar-refractivity contribution is 0.00578. The van der Waals surface area contributed by atoms with Crippen molar-refractivity contribution < 1.29 is 18.8 Å². The smallest absolute Gasteiger partial charge is 0.444 e. The van der Waals surface area contributed by atoms with Gasteiger partial charge in [0, 0.05) is 6.54 Å². The van der Waals surface area contributed by atoms with Gasteiger partial charge < -0.3 is 19.4 Å². The Balaban J connectivity index is 1.81. The number of rotatable bonds is 4. The van der Waals surface area contributed by atoms with Gasteiger partial charge in [0.1, 0.15) is 5.60 Å². The van der Waals surface area contributed by atoms with Crippen LogP contribution in [0.4, 0.5) is 4.79 Å². The van der Waals surface area contributed by atoms with E-state index in [0.29, 0.717) is 6.54 Å². The lowest BCUT2D eigenvalue weighted by Crippen LogP contribution is -2.41. The predicted octanol–water partition coefficient (Wildman–Crippen LogP) is 4.32. The molecule has 0 aromatic heterocycles. The maximum Gasteiger partial charge on any atom is 0.492 e. The van der Waals surface area contributed by atoms with Crippen LogP contribution in [0.1, 0.15) is 65.2 Å². The number of amides is 1. The Bertz CT molecular complexity index is 776. The van der Waals surface area contributed by atoms with Gasteiger partial charge in [-0.05, 0) is 83.5 Å². The van der Waals surface area contributed by atoms with E-state index in [1.165, 1.54) is 11.1 Å². The molecule has 0 saturated carbocycles. The van der Waals surface area contributed by atoms with Gasteiger partial charge in [0.25, 0.3) is 0 Å². The van der Waals surface area contributed by atoms with Crippen LogP contribution in [0.15, 0.2) is 23.7 Å². The molecule has 1 N–H and O–H groups in total. The summed E-state index contributed by atoms with van der Waals surface area (Å²) < 4.78 is 17.8. The van der Waals surface area contributed by atoms with Crippen molar-refractivity contribution in [2.24, 2.45) is 0 Å². The maximum atomic E-state index is 12.2. The molecule has 1 saturated heterocycles. The number of nitrogens with one attached hydrogen (secondary N) is 1. The normalized spacial score (nSPS) is 20.4. The molecule has 1 amide bonds. The average molecular weight is 385 g/mol. The number of fused-ring (bicyclic) bond motifs is 1. The van der Waals surface area contributed by atoms with Crippen LogP contribution in [-0.4, -0.2) is 36.6 Å². The minimum absolute atomic E-state index is 0.294.